The number of likely N-dealkylation sites (tertiary alicyclic amines) is 2. The lowest BCUT2D eigenvalue weighted by Gasteiger charge is -2.38. The zero-order chi connectivity index (χ0) is 23.1. The van der Waals surface area contributed by atoms with Crippen LogP contribution in [0, 0.1) is 23.7 Å². The summed E-state index contributed by atoms with van der Waals surface area (Å²) in [6, 6.07) is 0. The molecule has 0 radical (unpaired) electrons. The second-order valence-corrected chi connectivity index (χ2v) is 9.85. The molecule has 1 aliphatic carbocycles. The molecule has 8 nitrogen and oxygen atoms in total. The van der Waals surface area contributed by atoms with E-state index in [-0.39, 0.29) is 35.5 Å². The second kappa shape index (κ2) is 11.7. The van der Waals surface area contributed by atoms with Gasteiger partial charge in [0.05, 0.1) is 0 Å². The molecule has 3 aliphatic rings. The average molecular weight is 449 g/mol. The number of hydrogen-bond donors (Lipinski definition) is 2. The quantitative estimate of drug-likeness (QED) is 0.644. The Morgan fingerprint density at radius 3 is 1.38 bits per heavy atom. The van der Waals surface area contributed by atoms with Crippen LogP contribution in [0.3, 0.4) is 0 Å². The van der Waals surface area contributed by atoms with Gasteiger partial charge in [0, 0.05) is 65.0 Å². The van der Waals surface area contributed by atoms with Crippen LogP contribution < -0.4 is 10.6 Å². The third-order valence-corrected chi connectivity index (χ3v) is 7.73. The normalized spacial score (nSPS) is 25.3. The van der Waals surface area contributed by atoms with E-state index in [4.69, 9.17) is 0 Å². The van der Waals surface area contributed by atoms with E-state index in [1.54, 1.807) is 14.1 Å². The van der Waals surface area contributed by atoms with Crippen LogP contribution in [-0.4, -0.2) is 73.7 Å². The molecule has 32 heavy (non-hydrogen) atoms. The summed E-state index contributed by atoms with van der Waals surface area (Å²) in [5, 5.41) is 5.36. The molecule has 0 aromatic rings. The number of carbonyl (C=O) groups is 4. The third-order valence-electron chi connectivity index (χ3n) is 7.73. The molecule has 0 spiro atoms. The monoisotopic (exact) mass is 448 g/mol. The number of carbonyl (C=O) groups excluding carboxylic acids is 4. The molecule has 3 rings (SSSR count). The standard InChI is InChI=1S/C24H40N4O4/c1-25-21(29)14-17-6-10-27(11-7-17)23(31)19-4-3-5-20(16-19)24(32)28-12-8-18(9-13-28)15-22(30)26-2/h17-20H,3-16H2,1-2H3,(H,25,29)(H,26,30). The minimum absolute atomic E-state index is 0.0565. The smallest absolute Gasteiger partial charge is 0.225 e. The van der Waals surface area contributed by atoms with Crippen molar-refractivity contribution in [1.29, 1.82) is 0 Å². The molecule has 3 fully saturated rings. The summed E-state index contributed by atoms with van der Waals surface area (Å²) in [6.07, 6.45) is 7.90. The number of piperidine rings is 2. The third kappa shape index (κ3) is 6.45. The van der Waals surface area contributed by atoms with E-state index >= 15 is 0 Å². The highest BCUT2D eigenvalue weighted by molar-refractivity contribution is 5.83. The van der Waals surface area contributed by atoms with Crippen molar-refractivity contribution in [3.63, 3.8) is 0 Å². The molecule has 2 N–H and O–H groups in total. The summed E-state index contributed by atoms with van der Waals surface area (Å²) < 4.78 is 0. The number of nitrogens with one attached hydrogen (secondary N) is 2. The van der Waals surface area contributed by atoms with Gasteiger partial charge in [-0.25, -0.2) is 0 Å². The highest BCUT2D eigenvalue weighted by atomic mass is 16.2. The first-order valence-corrected chi connectivity index (χ1v) is 12.4. The zero-order valence-electron chi connectivity index (χ0n) is 19.7. The predicted octanol–water partition coefficient (Wildman–Crippen LogP) is 1.54. The lowest BCUT2D eigenvalue weighted by molar-refractivity contribution is -0.142. The van der Waals surface area contributed by atoms with Crippen molar-refractivity contribution in [3.8, 4) is 0 Å². The molecule has 2 atom stereocenters. The minimum atomic E-state index is -0.0565. The van der Waals surface area contributed by atoms with Gasteiger partial charge in [0.25, 0.3) is 0 Å². The first-order chi connectivity index (χ1) is 15.4. The Kier molecular flexibility index (Phi) is 8.93. The van der Waals surface area contributed by atoms with Crippen LogP contribution in [0.1, 0.15) is 64.2 Å². The van der Waals surface area contributed by atoms with Crippen LogP contribution in [0.15, 0.2) is 0 Å². The lowest BCUT2D eigenvalue weighted by Crippen LogP contribution is -2.46. The fraction of sp³-hybridized carbons (Fsp3) is 0.833. The summed E-state index contributed by atoms with van der Waals surface area (Å²) >= 11 is 0. The van der Waals surface area contributed by atoms with E-state index in [1.165, 1.54) is 0 Å². The number of amides is 4. The Bertz CT molecular complexity index is 625. The van der Waals surface area contributed by atoms with Gasteiger partial charge in [-0.3, -0.25) is 19.2 Å². The Morgan fingerprint density at radius 1 is 0.656 bits per heavy atom. The van der Waals surface area contributed by atoms with Gasteiger partial charge in [-0.1, -0.05) is 6.42 Å². The molecule has 2 heterocycles. The largest absolute Gasteiger partial charge is 0.359 e. The van der Waals surface area contributed by atoms with E-state index in [0.29, 0.717) is 57.3 Å². The molecule has 2 unspecified atom stereocenters. The summed E-state index contributed by atoms with van der Waals surface area (Å²) in [5.74, 6) is 1.13. The highest BCUT2D eigenvalue weighted by Crippen LogP contribution is 2.34. The Hall–Kier alpha value is -2.12. The number of rotatable bonds is 6. The van der Waals surface area contributed by atoms with Crippen molar-refractivity contribution in [2.45, 2.75) is 64.2 Å². The van der Waals surface area contributed by atoms with E-state index in [0.717, 1.165) is 44.9 Å². The first kappa shape index (κ1) is 24.5. The molecule has 1 saturated carbocycles. The average Bonchev–Trinajstić information content (AvgIpc) is 2.84. The van der Waals surface area contributed by atoms with Gasteiger partial charge >= 0.3 is 0 Å². The van der Waals surface area contributed by atoms with E-state index in [1.807, 2.05) is 9.80 Å². The van der Waals surface area contributed by atoms with Crippen molar-refractivity contribution in [1.82, 2.24) is 20.4 Å². The number of hydrogen-bond acceptors (Lipinski definition) is 4. The van der Waals surface area contributed by atoms with Crippen molar-refractivity contribution in [3.05, 3.63) is 0 Å². The molecule has 0 aromatic carbocycles. The minimum Gasteiger partial charge on any atom is -0.359 e. The maximum Gasteiger partial charge on any atom is 0.225 e. The molecule has 2 saturated heterocycles. The molecular formula is C24H40N4O4. The van der Waals surface area contributed by atoms with Crippen molar-refractivity contribution in [2.24, 2.45) is 23.7 Å². The van der Waals surface area contributed by atoms with Gasteiger partial charge in [0.1, 0.15) is 0 Å². The van der Waals surface area contributed by atoms with Crippen LogP contribution in [0.25, 0.3) is 0 Å². The highest BCUT2D eigenvalue weighted by Gasteiger charge is 2.37. The SMILES string of the molecule is CNC(=O)CC1CCN(C(=O)C2CCCC(C(=O)N3CCC(CC(=O)NC)CC3)C2)CC1. The van der Waals surface area contributed by atoms with Crippen molar-refractivity contribution >= 4 is 23.6 Å². The van der Waals surface area contributed by atoms with E-state index in [2.05, 4.69) is 10.6 Å². The first-order valence-electron chi connectivity index (χ1n) is 12.4. The molecular weight excluding hydrogens is 408 g/mol. The van der Waals surface area contributed by atoms with Crippen LogP contribution >= 0.6 is 0 Å². The molecule has 180 valence electrons. The second-order valence-electron chi connectivity index (χ2n) is 9.85. The summed E-state index contributed by atoms with van der Waals surface area (Å²) in [7, 11) is 3.32. The Morgan fingerprint density at radius 2 is 1.03 bits per heavy atom. The molecule has 2 aliphatic heterocycles. The fourth-order valence-electron chi connectivity index (χ4n) is 5.60. The van der Waals surface area contributed by atoms with Gasteiger partial charge < -0.3 is 20.4 Å². The molecule has 4 amide bonds. The molecule has 8 heteroatoms. The maximum atomic E-state index is 13.1. The lowest BCUT2D eigenvalue weighted by atomic mass is 9.79. The van der Waals surface area contributed by atoms with Crippen LogP contribution in [-0.2, 0) is 19.2 Å². The molecule has 0 bridgehead atoms. The topological polar surface area (TPSA) is 98.8 Å². The predicted molar refractivity (Wildman–Crippen MR) is 121 cm³/mol. The van der Waals surface area contributed by atoms with E-state index in [9.17, 15) is 19.2 Å². The maximum absolute atomic E-state index is 13.1. The number of nitrogens with zero attached hydrogens (tertiary/aromatic N) is 2. The summed E-state index contributed by atoms with van der Waals surface area (Å²) in [6.45, 7) is 2.87. The van der Waals surface area contributed by atoms with Crippen molar-refractivity contribution < 1.29 is 19.2 Å². The molecule has 0 aromatic heterocycles. The fourth-order valence-corrected chi connectivity index (χ4v) is 5.60. The van der Waals surface area contributed by atoms with Crippen molar-refractivity contribution in [2.75, 3.05) is 40.3 Å². The Balaban J connectivity index is 1.45. The van der Waals surface area contributed by atoms with Gasteiger partial charge in [0.2, 0.25) is 23.6 Å². The van der Waals surface area contributed by atoms with Gasteiger partial charge in [-0.15, -0.1) is 0 Å². The van der Waals surface area contributed by atoms with E-state index < -0.39 is 0 Å². The Labute approximate surface area is 191 Å². The summed E-state index contributed by atoms with van der Waals surface area (Å²) in [5.41, 5.74) is 0. The van der Waals surface area contributed by atoms with Crippen LogP contribution in [0.4, 0.5) is 0 Å². The van der Waals surface area contributed by atoms with Gasteiger partial charge in [-0.2, -0.15) is 0 Å². The zero-order valence-corrected chi connectivity index (χ0v) is 19.7. The van der Waals surface area contributed by atoms with Crippen LogP contribution in [0.2, 0.25) is 0 Å². The van der Waals surface area contributed by atoms with Gasteiger partial charge in [-0.05, 0) is 56.8 Å². The van der Waals surface area contributed by atoms with Crippen LogP contribution in [0.5, 0.6) is 0 Å². The summed E-state index contributed by atoms with van der Waals surface area (Å²) in [4.78, 5) is 53.4. The van der Waals surface area contributed by atoms with Gasteiger partial charge in [0.15, 0.2) is 0 Å².